The van der Waals surface area contributed by atoms with E-state index in [0.717, 1.165) is 52.9 Å². The summed E-state index contributed by atoms with van der Waals surface area (Å²) in [6, 6.07) is 7.10. The predicted octanol–water partition coefficient (Wildman–Crippen LogP) is 9.15. The van der Waals surface area contributed by atoms with Gasteiger partial charge in [0.05, 0.1) is 21.7 Å². The van der Waals surface area contributed by atoms with E-state index in [1.165, 1.54) is 17.7 Å². The summed E-state index contributed by atoms with van der Waals surface area (Å²) in [5.74, 6) is -0.480. The molecule has 0 radical (unpaired) electrons. The van der Waals surface area contributed by atoms with Crippen LogP contribution in [0.3, 0.4) is 0 Å². The number of ether oxygens (including phenoxy) is 2. The van der Waals surface area contributed by atoms with Crippen LogP contribution >= 0.6 is 15.9 Å². The number of fused-ring (bicyclic) bond motifs is 2. The van der Waals surface area contributed by atoms with E-state index >= 15 is 4.39 Å². The number of halogens is 2. The standard InChI is InChI=1S/C34H39BrFN5O4/c1-20-24-13-14-40(29(24)38-19-37-20)23-10-8-9-21(15-23)11-12-22-16-27(36)25-18-26(35)30(39-28(25)17-22)41(31(42)44-33(2,3)4)32(43)45-34(5,6)7/h13-19,23H,8-12H2,1-7H3/t23-/m0/s1. The van der Waals surface area contributed by atoms with Crippen LogP contribution in [0.4, 0.5) is 19.8 Å². The molecular formula is C34H39BrFN5O4. The minimum atomic E-state index is -0.947. The Balaban J connectivity index is 1.43. The zero-order valence-corrected chi connectivity index (χ0v) is 28.4. The second-order valence-electron chi connectivity index (χ2n) is 13.4. The molecule has 0 bridgehead atoms. The third kappa shape index (κ3) is 7.52. The highest BCUT2D eigenvalue weighted by molar-refractivity contribution is 9.10. The average molecular weight is 681 g/mol. The summed E-state index contributed by atoms with van der Waals surface area (Å²) in [7, 11) is 0. The molecule has 1 atom stereocenters. The van der Waals surface area contributed by atoms with Crippen LogP contribution in [0.2, 0.25) is 0 Å². The number of aromatic nitrogens is 4. The first-order valence-electron chi connectivity index (χ1n) is 15.1. The average Bonchev–Trinajstić information content (AvgIpc) is 3.37. The van der Waals surface area contributed by atoms with Crippen molar-refractivity contribution in [3.8, 4) is 0 Å². The number of hydrogen-bond donors (Lipinski definition) is 0. The van der Waals surface area contributed by atoms with Gasteiger partial charge in [0.25, 0.3) is 0 Å². The normalized spacial score (nSPS) is 15.7. The molecule has 0 aliphatic heterocycles. The van der Waals surface area contributed by atoms with E-state index in [0.29, 0.717) is 11.9 Å². The monoisotopic (exact) mass is 679 g/mol. The molecule has 11 heteroatoms. The molecule has 3 aromatic heterocycles. The number of rotatable bonds is 5. The molecule has 0 N–H and O–H groups in total. The van der Waals surface area contributed by atoms with Crippen molar-refractivity contribution in [2.75, 3.05) is 4.90 Å². The Hall–Kier alpha value is -3.86. The molecule has 5 rings (SSSR count). The van der Waals surface area contributed by atoms with Crippen molar-refractivity contribution in [3.05, 3.63) is 70.0 Å². The summed E-state index contributed by atoms with van der Waals surface area (Å²) < 4.78 is 28.9. The Bertz CT molecular complexity index is 1780. The Kier molecular flexibility index (Phi) is 9.04. The van der Waals surface area contributed by atoms with Gasteiger partial charge in [-0.15, -0.1) is 0 Å². The van der Waals surface area contributed by atoms with E-state index < -0.39 is 29.2 Å². The smallest absolute Gasteiger partial charge is 0.425 e. The molecule has 3 heterocycles. The first-order chi connectivity index (χ1) is 21.1. The predicted molar refractivity (Wildman–Crippen MR) is 176 cm³/mol. The number of benzene rings is 1. The van der Waals surface area contributed by atoms with Crippen LogP contribution in [0.5, 0.6) is 0 Å². The minimum absolute atomic E-state index is 0.0432. The molecule has 238 valence electrons. The maximum absolute atomic E-state index is 15.4. The zero-order valence-electron chi connectivity index (χ0n) is 26.8. The number of amides is 2. The number of imide groups is 1. The van der Waals surface area contributed by atoms with Crippen molar-refractivity contribution in [1.82, 2.24) is 19.5 Å². The third-order valence-electron chi connectivity index (χ3n) is 7.47. The van der Waals surface area contributed by atoms with E-state index in [-0.39, 0.29) is 21.7 Å². The number of nitrogens with zero attached hydrogens (tertiary/aromatic N) is 5. The van der Waals surface area contributed by atoms with Crippen molar-refractivity contribution >= 4 is 55.9 Å². The number of anilines is 1. The van der Waals surface area contributed by atoms with Gasteiger partial charge in [-0.3, -0.25) is 0 Å². The molecular weight excluding hydrogens is 641 g/mol. The van der Waals surface area contributed by atoms with Crippen LogP contribution in [0.1, 0.15) is 84.5 Å². The molecule has 4 aromatic rings. The number of aryl methyl sites for hydroxylation is 2. The number of hydrogen-bond acceptors (Lipinski definition) is 7. The Morgan fingerprint density at radius 3 is 2.38 bits per heavy atom. The van der Waals surface area contributed by atoms with Crippen LogP contribution in [0, 0.1) is 12.7 Å². The minimum Gasteiger partial charge on any atom is -0.443 e. The molecule has 0 fully saturated rings. The van der Waals surface area contributed by atoms with Gasteiger partial charge in [-0.2, -0.15) is 4.90 Å². The second kappa shape index (κ2) is 12.5. The van der Waals surface area contributed by atoms with Gasteiger partial charge in [-0.1, -0.05) is 11.6 Å². The summed E-state index contributed by atoms with van der Waals surface area (Å²) in [6.45, 7) is 12.2. The lowest BCUT2D eigenvalue weighted by Gasteiger charge is -2.28. The summed E-state index contributed by atoms with van der Waals surface area (Å²) in [5.41, 5.74) is 2.51. The van der Waals surface area contributed by atoms with Gasteiger partial charge < -0.3 is 14.0 Å². The lowest BCUT2D eigenvalue weighted by molar-refractivity contribution is 0.0429. The molecule has 2 amide bonds. The van der Waals surface area contributed by atoms with Crippen molar-refractivity contribution in [2.45, 2.75) is 97.8 Å². The summed E-state index contributed by atoms with van der Waals surface area (Å²) >= 11 is 3.39. The van der Waals surface area contributed by atoms with E-state index in [4.69, 9.17) is 9.47 Å². The SMILES string of the molecule is Cc1ncnc2c1ccn2[C@@H]1C=C(CCc2cc(F)c3cc(Br)c(N(C(=O)OC(C)(C)C)C(=O)OC(C)(C)C)nc3c2)CCC1. The van der Waals surface area contributed by atoms with E-state index in [2.05, 4.69) is 53.8 Å². The number of carbonyl (C=O) groups is 2. The van der Waals surface area contributed by atoms with Gasteiger partial charge in [-0.05, 0) is 126 Å². The van der Waals surface area contributed by atoms with Gasteiger partial charge in [0, 0.05) is 17.0 Å². The van der Waals surface area contributed by atoms with Crippen molar-refractivity contribution in [1.29, 1.82) is 0 Å². The first-order valence-corrected chi connectivity index (χ1v) is 15.9. The second-order valence-corrected chi connectivity index (χ2v) is 14.3. The largest absolute Gasteiger partial charge is 0.443 e. The van der Waals surface area contributed by atoms with Gasteiger partial charge in [0.2, 0.25) is 0 Å². The molecule has 0 unspecified atom stereocenters. The van der Waals surface area contributed by atoms with Crippen LogP contribution in [-0.4, -0.2) is 42.9 Å². The number of allylic oxidation sites excluding steroid dienone is 2. The zero-order chi connectivity index (χ0) is 32.7. The van der Waals surface area contributed by atoms with Crippen molar-refractivity contribution < 1.29 is 23.5 Å². The van der Waals surface area contributed by atoms with Gasteiger partial charge >= 0.3 is 12.2 Å². The molecule has 0 saturated carbocycles. The lowest BCUT2D eigenvalue weighted by Crippen LogP contribution is -2.44. The summed E-state index contributed by atoms with van der Waals surface area (Å²) in [5, 5.41) is 1.32. The lowest BCUT2D eigenvalue weighted by atomic mass is 9.91. The van der Waals surface area contributed by atoms with Crippen LogP contribution < -0.4 is 4.90 Å². The van der Waals surface area contributed by atoms with E-state index in [1.54, 1.807) is 53.9 Å². The summed E-state index contributed by atoms with van der Waals surface area (Å²) in [6.07, 6.45) is 8.52. The fourth-order valence-corrected chi connectivity index (χ4v) is 5.99. The molecule has 1 aliphatic rings. The highest BCUT2D eigenvalue weighted by Crippen LogP contribution is 2.34. The number of carbonyl (C=O) groups excluding carboxylic acids is 2. The highest BCUT2D eigenvalue weighted by atomic mass is 79.9. The molecule has 1 aromatic carbocycles. The molecule has 0 spiro atoms. The van der Waals surface area contributed by atoms with Crippen LogP contribution in [0.25, 0.3) is 21.9 Å². The van der Waals surface area contributed by atoms with Gasteiger partial charge in [0.1, 0.15) is 29.0 Å². The highest BCUT2D eigenvalue weighted by Gasteiger charge is 2.35. The maximum atomic E-state index is 15.4. The quantitative estimate of drug-likeness (QED) is 0.194. The first kappa shape index (κ1) is 32.5. The topological polar surface area (TPSA) is 99.4 Å². The molecule has 45 heavy (non-hydrogen) atoms. The fraction of sp³-hybridized carbons (Fsp3) is 0.441. The number of pyridine rings is 1. The van der Waals surface area contributed by atoms with Crippen LogP contribution in [0.15, 0.2) is 52.9 Å². The van der Waals surface area contributed by atoms with Gasteiger partial charge in [0.15, 0.2) is 5.82 Å². The Labute approximate surface area is 271 Å². The maximum Gasteiger partial charge on any atom is 0.425 e. The summed E-state index contributed by atoms with van der Waals surface area (Å²) in [4.78, 5) is 40.6. The fourth-order valence-electron chi connectivity index (χ4n) is 5.49. The van der Waals surface area contributed by atoms with Crippen molar-refractivity contribution in [3.63, 3.8) is 0 Å². The van der Waals surface area contributed by atoms with Crippen LogP contribution in [-0.2, 0) is 15.9 Å². The van der Waals surface area contributed by atoms with E-state index in [1.807, 2.05) is 6.92 Å². The molecule has 0 saturated heterocycles. The molecule has 1 aliphatic carbocycles. The van der Waals surface area contributed by atoms with E-state index in [9.17, 15) is 9.59 Å². The third-order valence-corrected chi connectivity index (χ3v) is 8.05. The Morgan fingerprint density at radius 2 is 1.71 bits per heavy atom. The molecule has 9 nitrogen and oxygen atoms in total. The Morgan fingerprint density at radius 1 is 1.02 bits per heavy atom. The van der Waals surface area contributed by atoms with Crippen molar-refractivity contribution in [2.24, 2.45) is 0 Å². The van der Waals surface area contributed by atoms with Gasteiger partial charge in [-0.25, -0.2) is 28.9 Å².